The van der Waals surface area contributed by atoms with Gasteiger partial charge in [-0.3, -0.25) is 4.79 Å². The monoisotopic (exact) mass is 520 g/mol. The smallest absolute Gasteiger partial charge is 0.221 e. The van der Waals surface area contributed by atoms with E-state index in [2.05, 4.69) is 73.0 Å². The van der Waals surface area contributed by atoms with Crippen LogP contribution in [0, 0.1) is 0 Å². The minimum atomic E-state index is -0.741. The van der Waals surface area contributed by atoms with Crippen molar-refractivity contribution in [1.29, 1.82) is 0 Å². The van der Waals surface area contributed by atoms with E-state index in [4.69, 9.17) is 0 Å². The summed E-state index contributed by atoms with van der Waals surface area (Å²) in [6.45, 7) is 5.42. The number of carbonyl (C=O) groups excluding carboxylic acids is 1. The molecular weight excluding hydrogens is 480 g/mol. The Balaban J connectivity index is 1.44. The van der Waals surface area contributed by atoms with E-state index >= 15 is 0 Å². The Bertz CT molecular complexity index is 1240. The Morgan fingerprint density at radius 3 is 1.85 bits per heavy atom. The summed E-state index contributed by atoms with van der Waals surface area (Å²) in [5, 5.41) is 17.8. The summed E-state index contributed by atoms with van der Waals surface area (Å²) in [6.07, 6.45) is 0.121. The van der Waals surface area contributed by atoms with Gasteiger partial charge in [0.15, 0.2) is 0 Å². The summed E-state index contributed by atoms with van der Waals surface area (Å²) >= 11 is 0. The number of hydrogen-bond donors (Lipinski definition) is 3. The summed E-state index contributed by atoms with van der Waals surface area (Å²) in [7, 11) is 0. The van der Waals surface area contributed by atoms with Crippen LogP contribution in [0.2, 0.25) is 0 Å². The van der Waals surface area contributed by atoms with Gasteiger partial charge in [-0.2, -0.15) is 0 Å². The van der Waals surface area contributed by atoms with E-state index in [0.29, 0.717) is 31.8 Å². The second-order valence-corrected chi connectivity index (χ2v) is 10.5. The first-order valence-corrected chi connectivity index (χ1v) is 13.9. The second-order valence-electron chi connectivity index (χ2n) is 10.5. The topological polar surface area (TPSA) is 61.4 Å². The summed E-state index contributed by atoms with van der Waals surface area (Å²) in [5.41, 5.74) is 5.77. The molecule has 4 aromatic carbocycles. The lowest BCUT2D eigenvalue weighted by atomic mass is 9.88. The number of nitrogens with one attached hydrogen (secondary N) is 2. The average Bonchev–Trinajstić information content (AvgIpc) is 2.97. The molecule has 4 aromatic rings. The van der Waals surface area contributed by atoms with Crippen molar-refractivity contribution in [1.82, 2.24) is 10.6 Å². The molecule has 202 valence electrons. The van der Waals surface area contributed by atoms with E-state index in [1.54, 1.807) is 0 Å². The van der Waals surface area contributed by atoms with E-state index in [0.717, 1.165) is 16.7 Å². The average molecular weight is 521 g/mol. The molecule has 4 rings (SSSR count). The van der Waals surface area contributed by atoms with Crippen LogP contribution in [-0.4, -0.2) is 29.7 Å². The Labute approximate surface area is 233 Å². The van der Waals surface area contributed by atoms with Crippen molar-refractivity contribution in [2.24, 2.45) is 0 Å². The zero-order valence-electron chi connectivity index (χ0n) is 23.0. The molecule has 0 saturated heterocycles. The van der Waals surface area contributed by atoms with E-state index in [9.17, 15) is 9.90 Å². The predicted molar refractivity (Wildman–Crippen MR) is 160 cm³/mol. The number of rotatable bonds is 13. The number of aliphatic hydroxyl groups is 1. The van der Waals surface area contributed by atoms with Crippen LogP contribution in [0.3, 0.4) is 0 Å². The normalized spacial score (nSPS) is 12.8. The highest BCUT2D eigenvalue weighted by Gasteiger charge is 2.24. The highest BCUT2D eigenvalue weighted by atomic mass is 16.3. The molecule has 4 heteroatoms. The lowest BCUT2D eigenvalue weighted by molar-refractivity contribution is -0.122. The Hall–Kier alpha value is -3.73. The van der Waals surface area contributed by atoms with Gasteiger partial charge in [-0.15, -0.1) is 0 Å². The third kappa shape index (κ3) is 8.64. The molecule has 4 nitrogen and oxygen atoms in total. The molecule has 1 amide bonds. The van der Waals surface area contributed by atoms with Crippen LogP contribution in [0.25, 0.3) is 0 Å². The van der Waals surface area contributed by atoms with E-state index in [-0.39, 0.29) is 11.8 Å². The van der Waals surface area contributed by atoms with Gasteiger partial charge in [0, 0.05) is 25.4 Å². The van der Waals surface area contributed by atoms with Crippen LogP contribution in [0.5, 0.6) is 0 Å². The molecule has 39 heavy (non-hydrogen) atoms. The van der Waals surface area contributed by atoms with Crippen molar-refractivity contribution in [3.8, 4) is 0 Å². The lowest BCUT2D eigenvalue weighted by Gasteiger charge is -2.26. The maximum atomic E-state index is 13.5. The van der Waals surface area contributed by atoms with Crippen LogP contribution < -0.4 is 10.6 Å². The van der Waals surface area contributed by atoms with Gasteiger partial charge in [0.2, 0.25) is 5.91 Å². The largest absolute Gasteiger partial charge is 0.390 e. The molecule has 0 fully saturated rings. The maximum absolute atomic E-state index is 13.5. The molecule has 0 unspecified atom stereocenters. The number of hydrogen-bond acceptors (Lipinski definition) is 3. The first kappa shape index (κ1) is 28.3. The molecule has 0 heterocycles. The molecule has 2 atom stereocenters. The van der Waals surface area contributed by atoms with Gasteiger partial charge in [-0.05, 0) is 40.2 Å². The van der Waals surface area contributed by atoms with Crippen LogP contribution in [-0.2, 0) is 17.8 Å². The Kier molecular flexibility index (Phi) is 10.5. The summed E-state index contributed by atoms with van der Waals surface area (Å²) in [4.78, 5) is 13.5. The molecule has 3 N–H and O–H groups in total. The maximum Gasteiger partial charge on any atom is 0.221 e. The quantitative estimate of drug-likeness (QED) is 0.196. The standard InChI is InChI=1S/C35H40N2O2/c1-26(2)31-20-12-15-28(21-31)24-36-25-34(38)33(22-27-13-6-3-7-14-27)37-35(39)23-32(29-16-8-4-9-17-29)30-18-10-5-11-19-30/h3-21,26,32-34,36,38H,22-25H2,1-2H3,(H,37,39)/t33-,34+/m0/s1. The molecule has 0 spiro atoms. The van der Waals surface area contributed by atoms with E-state index < -0.39 is 12.1 Å². The summed E-state index contributed by atoms with van der Waals surface area (Å²) < 4.78 is 0. The molecule has 0 aromatic heterocycles. The van der Waals surface area contributed by atoms with Gasteiger partial charge in [0.25, 0.3) is 0 Å². The van der Waals surface area contributed by atoms with Crippen LogP contribution >= 0.6 is 0 Å². The first-order chi connectivity index (χ1) is 19.0. The van der Waals surface area contributed by atoms with E-state index in [1.165, 1.54) is 11.1 Å². The van der Waals surface area contributed by atoms with Gasteiger partial charge < -0.3 is 15.7 Å². The zero-order valence-corrected chi connectivity index (χ0v) is 23.0. The third-order valence-corrected chi connectivity index (χ3v) is 7.20. The first-order valence-electron chi connectivity index (χ1n) is 13.9. The predicted octanol–water partition coefficient (Wildman–Crippen LogP) is 6.21. The minimum absolute atomic E-state index is 0.0618. The number of amides is 1. The lowest BCUT2D eigenvalue weighted by Crippen LogP contribution is -2.49. The highest BCUT2D eigenvalue weighted by molar-refractivity contribution is 5.78. The second kappa shape index (κ2) is 14.4. The summed E-state index contributed by atoms with van der Waals surface area (Å²) in [5.74, 6) is 0.335. The molecule has 0 aliphatic rings. The number of aliphatic hydroxyl groups excluding tert-OH is 1. The Morgan fingerprint density at radius 1 is 0.718 bits per heavy atom. The fraction of sp³-hybridized carbons (Fsp3) is 0.286. The number of benzene rings is 4. The van der Waals surface area contributed by atoms with Gasteiger partial charge in [0.1, 0.15) is 0 Å². The zero-order chi connectivity index (χ0) is 27.5. The van der Waals surface area contributed by atoms with Crippen LogP contribution in [0.4, 0.5) is 0 Å². The van der Waals surface area contributed by atoms with Crippen molar-refractivity contribution in [3.63, 3.8) is 0 Å². The fourth-order valence-electron chi connectivity index (χ4n) is 4.97. The molecule has 0 aliphatic heterocycles. The van der Waals surface area contributed by atoms with Crippen molar-refractivity contribution in [2.75, 3.05) is 6.54 Å². The molecule has 0 aliphatic carbocycles. The fourth-order valence-corrected chi connectivity index (χ4v) is 4.97. The van der Waals surface area contributed by atoms with Crippen molar-refractivity contribution >= 4 is 5.91 Å². The number of carbonyl (C=O) groups is 1. The van der Waals surface area contributed by atoms with E-state index in [1.807, 2.05) is 66.7 Å². The molecule has 0 bridgehead atoms. The van der Waals surface area contributed by atoms with Gasteiger partial charge in [0.05, 0.1) is 12.1 Å². The minimum Gasteiger partial charge on any atom is -0.390 e. The molecular formula is C35H40N2O2. The summed E-state index contributed by atoms with van der Waals surface area (Å²) in [6, 6.07) is 38.4. The highest BCUT2D eigenvalue weighted by Crippen LogP contribution is 2.28. The van der Waals surface area contributed by atoms with Crippen LogP contribution in [0.15, 0.2) is 115 Å². The molecule has 0 radical (unpaired) electrons. The van der Waals surface area contributed by atoms with Gasteiger partial charge >= 0.3 is 0 Å². The molecule has 0 saturated carbocycles. The van der Waals surface area contributed by atoms with Crippen molar-refractivity contribution < 1.29 is 9.90 Å². The Morgan fingerprint density at radius 2 is 1.26 bits per heavy atom. The van der Waals surface area contributed by atoms with Gasteiger partial charge in [-0.1, -0.05) is 129 Å². The van der Waals surface area contributed by atoms with Crippen molar-refractivity contribution in [2.45, 2.75) is 57.2 Å². The third-order valence-electron chi connectivity index (χ3n) is 7.20. The SMILES string of the molecule is CC(C)c1cccc(CNC[C@@H](O)[C@H](Cc2ccccc2)NC(=O)CC(c2ccccc2)c2ccccc2)c1. The van der Waals surface area contributed by atoms with Crippen LogP contribution in [0.1, 0.15) is 59.9 Å². The van der Waals surface area contributed by atoms with Gasteiger partial charge in [-0.25, -0.2) is 0 Å². The van der Waals surface area contributed by atoms with Crippen molar-refractivity contribution in [3.05, 3.63) is 143 Å².